The summed E-state index contributed by atoms with van der Waals surface area (Å²) in [5.74, 6) is 0.862. The zero-order valence-electron chi connectivity index (χ0n) is 15.0. The minimum atomic E-state index is 0.0424. The van der Waals surface area contributed by atoms with Crippen LogP contribution in [0.5, 0.6) is 5.75 Å². The van der Waals surface area contributed by atoms with Gasteiger partial charge in [-0.2, -0.15) is 0 Å². The SMILES string of the molecule is CCC[N+](C)(C)CCCOc1ccc(C(=O)c2ccccc2)cc1. The van der Waals surface area contributed by atoms with Crippen LogP contribution in [0.1, 0.15) is 35.7 Å². The Morgan fingerprint density at radius 2 is 1.54 bits per heavy atom. The van der Waals surface area contributed by atoms with Gasteiger partial charge in [-0.05, 0) is 30.7 Å². The van der Waals surface area contributed by atoms with Gasteiger partial charge in [0, 0.05) is 17.5 Å². The highest BCUT2D eigenvalue weighted by Crippen LogP contribution is 2.16. The molecule has 128 valence electrons. The number of hydrogen-bond donors (Lipinski definition) is 0. The molecule has 3 nitrogen and oxygen atoms in total. The van der Waals surface area contributed by atoms with Crippen LogP contribution in [0, 0.1) is 0 Å². The van der Waals surface area contributed by atoms with Gasteiger partial charge in [0.2, 0.25) is 0 Å². The Hall–Kier alpha value is -2.13. The van der Waals surface area contributed by atoms with Crippen LogP contribution in [0.3, 0.4) is 0 Å². The third-order valence-corrected chi connectivity index (χ3v) is 4.16. The fourth-order valence-electron chi connectivity index (χ4n) is 2.86. The van der Waals surface area contributed by atoms with E-state index in [4.69, 9.17) is 4.74 Å². The topological polar surface area (TPSA) is 26.3 Å². The molecule has 0 saturated heterocycles. The Bertz CT molecular complexity index is 633. The fourth-order valence-corrected chi connectivity index (χ4v) is 2.86. The van der Waals surface area contributed by atoms with E-state index in [0.29, 0.717) is 17.7 Å². The molecule has 2 rings (SSSR count). The molecule has 2 aromatic rings. The van der Waals surface area contributed by atoms with E-state index >= 15 is 0 Å². The van der Waals surface area contributed by atoms with Gasteiger partial charge >= 0.3 is 0 Å². The molecule has 0 aliphatic rings. The lowest BCUT2D eigenvalue weighted by molar-refractivity contribution is -0.890. The smallest absolute Gasteiger partial charge is 0.193 e. The van der Waals surface area contributed by atoms with E-state index in [1.165, 1.54) is 13.0 Å². The molecule has 0 aromatic heterocycles. The third-order valence-electron chi connectivity index (χ3n) is 4.16. The Morgan fingerprint density at radius 3 is 2.17 bits per heavy atom. The maximum atomic E-state index is 12.3. The zero-order chi connectivity index (χ0) is 17.4. The number of quaternary nitrogens is 1. The summed E-state index contributed by atoms with van der Waals surface area (Å²) in [6.45, 7) is 5.22. The van der Waals surface area contributed by atoms with E-state index in [0.717, 1.165) is 23.2 Å². The predicted octanol–water partition coefficient (Wildman–Crippen LogP) is 4.17. The fraction of sp³-hybridized carbons (Fsp3) is 0.381. The second-order valence-electron chi connectivity index (χ2n) is 6.80. The average Bonchev–Trinajstić information content (AvgIpc) is 2.59. The van der Waals surface area contributed by atoms with E-state index in [1.54, 1.807) is 0 Å². The normalized spacial score (nSPS) is 11.3. The molecule has 24 heavy (non-hydrogen) atoms. The van der Waals surface area contributed by atoms with Crippen molar-refractivity contribution in [3.63, 3.8) is 0 Å². The second-order valence-corrected chi connectivity index (χ2v) is 6.80. The molecule has 0 spiro atoms. The van der Waals surface area contributed by atoms with Gasteiger partial charge in [0.1, 0.15) is 5.75 Å². The Morgan fingerprint density at radius 1 is 0.917 bits per heavy atom. The summed E-state index contributed by atoms with van der Waals surface area (Å²) in [5, 5.41) is 0. The Balaban J connectivity index is 1.83. The third kappa shape index (κ3) is 5.50. The standard InChI is InChI=1S/C21H28NO2/c1-4-15-22(2,3)16-8-17-24-20-13-11-19(12-14-20)21(23)18-9-6-5-7-10-18/h5-7,9-14H,4,8,15-17H2,1-3H3/q+1. The Labute approximate surface area is 145 Å². The minimum Gasteiger partial charge on any atom is -0.493 e. The van der Waals surface area contributed by atoms with Crippen LogP contribution >= 0.6 is 0 Å². The highest BCUT2D eigenvalue weighted by Gasteiger charge is 2.13. The van der Waals surface area contributed by atoms with E-state index in [1.807, 2.05) is 54.6 Å². The molecule has 0 aliphatic carbocycles. The summed E-state index contributed by atoms with van der Waals surface area (Å²) in [4.78, 5) is 12.3. The molecule has 0 radical (unpaired) electrons. The molecule has 0 bridgehead atoms. The predicted molar refractivity (Wildman–Crippen MR) is 98.6 cm³/mol. The van der Waals surface area contributed by atoms with Gasteiger partial charge in [-0.1, -0.05) is 37.3 Å². The number of ketones is 1. The van der Waals surface area contributed by atoms with Crippen molar-refractivity contribution in [1.29, 1.82) is 0 Å². The molecule has 0 N–H and O–H groups in total. The first-order chi connectivity index (χ1) is 11.5. The van der Waals surface area contributed by atoms with Crippen LogP contribution in [0.25, 0.3) is 0 Å². The van der Waals surface area contributed by atoms with Gasteiger partial charge in [0.15, 0.2) is 5.78 Å². The maximum Gasteiger partial charge on any atom is 0.193 e. The number of hydrogen-bond acceptors (Lipinski definition) is 2. The zero-order valence-corrected chi connectivity index (χ0v) is 15.0. The van der Waals surface area contributed by atoms with Crippen LogP contribution in [-0.4, -0.2) is 44.1 Å². The monoisotopic (exact) mass is 326 g/mol. The van der Waals surface area contributed by atoms with E-state index < -0.39 is 0 Å². The van der Waals surface area contributed by atoms with Crippen LogP contribution in [-0.2, 0) is 0 Å². The average molecular weight is 326 g/mol. The number of ether oxygens (including phenoxy) is 1. The van der Waals surface area contributed by atoms with Crippen molar-refractivity contribution in [1.82, 2.24) is 0 Å². The molecule has 0 unspecified atom stereocenters. The quantitative estimate of drug-likeness (QED) is 0.393. The molecule has 2 aromatic carbocycles. The first-order valence-corrected chi connectivity index (χ1v) is 8.66. The number of carbonyl (C=O) groups is 1. The lowest BCUT2D eigenvalue weighted by Gasteiger charge is -2.29. The lowest BCUT2D eigenvalue weighted by Crippen LogP contribution is -2.41. The highest BCUT2D eigenvalue weighted by atomic mass is 16.5. The van der Waals surface area contributed by atoms with Crippen molar-refractivity contribution in [2.45, 2.75) is 19.8 Å². The number of benzene rings is 2. The molecule has 0 aliphatic heterocycles. The summed E-state index contributed by atoms with van der Waals surface area (Å²) >= 11 is 0. The summed E-state index contributed by atoms with van der Waals surface area (Å²) in [7, 11) is 4.51. The van der Waals surface area contributed by atoms with Gasteiger partial charge in [0.25, 0.3) is 0 Å². The van der Waals surface area contributed by atoms with Gasteiger partial charge in [-0.25, -0.2) is 0 Å². The first kappa shape index (κ1) is 18.2. The van der Waals surface area contributed by atoms with Crippen LogP contribution in [0.4, 0.5) is 0 Å². The van der Waals surface area contributed by atoms with Crippen molar-refractivity contribution in [2.24, 2.45) is 0 Å². The van der Waals surface area contributed by atoms with Crippen molar-refractivity contribution in [3.05, 3.63) is 65.7 Å². The largest absolute Gasteiger partial charge is 0.493 e. The van der Waals surface area contributed by atoms with Crippen LogP contribution in [0.15, 0.2) is 54.6 Å². The lowest BCUT2D eigenvalue weighted by atomic mass is 10.0. The molecule has 0 amide bonds. The number of rotatable bonds is 9. The molecule has 0 saturated carbocycles. The molecular weight excluding hydrogens is 298 g/mol. The maximum absolute atomic E-state index is 12.3. The molecule has 3 heteroatoms. The minimum absolute atomic E-state index is 0.0424. The molecular formula is C21H28NO2+. The van der Waals surface area contributed by atoms with Gasteiger partial charge in [0.05, 0.1) is 33.8 Å². The van der Waals surface area contributed by atoms with Crippen LogP contribution in [0.2, 0.25) is 0 Å². The van der Waals surface area contributed by atoms with Crippen LogP contribution < -0.4 is 4.74 Å². The van der Waals surface area contributed by atoms with Crippen molar-refractivity contribution in [2.75, 3.05) is 33.8 Å². The van der Waals surface area contributed by atoms with E-state index in [2.05, 4.69) is 21.0 Å². The van der Waals surface area contributed by atoms with E-state index in [9.17, 15) is 4.79 Å². The molecule has 0 heterocycles. The summed E-state index contributed by atoms with van der Waals surface area (Å²) in [6, 6.07) is 16.8. The van der Waals surface area contributed by atoms with Gasteiger partial charge in [-0.15, -0.1) is 0 Å². The Kier molecular flexibility index (Phi) is 6.56. The summed E-state index contributed by atoms with van der Waals surface area (Å²) in [6.07, 6.45) is 2.22. The first-order valence-electron chi connectivity index (χ1n) is 8.66. The van der Waals surface area contributed by atoms with Gasteiger partial charge in [-0.3, -0.25) is 4.79 Å². The number of nitrogens with zero attached hydrogens (tertiary/aromatic N) is 1. The number of carbonyl (C=O) groups excluding carboxylic acids is 1. The van der Waals surface area contributed by atoms with E-state index in [-0.39, 0.29) is 5.78 Å². The summed E-state index contributed by atoms with van der Waals surface area (Å²) in [5.41, 5.74) is 1.40. The molecule has 0 fully saturated rings. The second kappa shape index (κ2) is 8.65. The van der Waals surface area contributed by atoms with Crippen molar-refractivity contribution in [3.8, 4) is 5.75 Å². The van der Waals surface area contributed by atoms with Gasteiger partial charge < -0.3 is 9.22 Å². The molecule has 0 atom stereocenters. The van der Waals surface area contributed by atoms with Crippen molar-refractivity contribution >= 4 is 5.78 Å². The summed E-state index contributed by atoms with van der Waals surface area (Å²) < 4.78 is 6.83. The van der Waals surface area contributed by atoms with Crippen molar-refractivity contribution < 1.29 is 14.0 Å². The highest BCUT2D eigenvalue weighted by molar-refractivity contribution is 6.08.